The number of imidazole rings is 1. The predicted molar refractivity (Wildman–Crippen MR) is 107 cm³/mol. The molecule has 3 rings (SSSR count). The summed E-state index contributed by atoms with van der Waals surface area (Å²) in [5.74, 6) is 0. The lowest BCUT2D eigenvalue weighted by molar-refractivity contribution is 0.0319. The van der Waals surface area contributed by atoms with Crippen LogP contribution in [0.3, 0.4) is 0 Å². The highest BCUT2D eigenvalue weighted by Crippen LogP contribution is 2.28. The molecule has 0 bridgehead atoms. The Morgan fingerprint density at radius 2 is 1.77 bits per heavy atom. The van der Waals surface area contributed by atoms with E-state index in [1.165, 1.54) is 0 Å². The summed E-state index contributed by atoms with van der Waals surface area (Å²) in [5.41, 5.74) is 2.02. The maximum absolute atomic E-state index is 6.26. The lowest BCUT2D eigenvalue weighted by Crippen LogP contribution is -2.07. The van der Waals surface area contributed by atoms with Crippen LogP contribution in [0.4, 0.5) is 0 Å². The van der Waals surface area contributed by atoms with Gasteiger partial charge in [0.1, 0.15) is 0 Å². The van der Waals surface area contributed by atoms with Crippen molar-refractivity contribution in [3.05, 3.63) is 87.4 Å². The summed E-state index contributed by atoms with van der Waals surface area (Å²) in [5, 5.41) is 1.95. The molecule has 1 atom stereocenters. The second kappa shape index (κ2) is 9.43. The van der Waals surface area contributed by atoms with Crippen LogP contribution in [0.25, 0.3) is 0 Å². The summed E-state index contributed by atoms with van der Waals surface area (Å²) in [6, 6.07) is 13.2. The van der Waals surface area contributed by atoms with Crippen LogP contribution in [0.15, 0.2) is 61.2 Å². The number of aryl methyl sites for hydroxylation is 1. The van der Waals surface area contributed by atoms with Crippen LogP contribution in [0.5, 0.6) is 0 Å². The van der Waals surface area contributed by atoms with Gasteiger partial charge in [-0.2, -0.15) is 0 Å². The lowest BCUT2D eigenvalue weighted by Gasteiger charge is -2.19. The Morgan fingerprint density at radius 1 is 1.00 bits per heavy atom. The molecule has 1 unspecified atom stereocenters. The number of ether oxygens (including phenoxy) is 1. The van der Waals surface area contributed by atoms with Gasteiger partial charge >= 0.3 is 0 Å². The quantitative estimate of drug-likeness (QED) is 0.420. The van der Waals surface area contributed by atoms with Crippen molar-refractivity contribution in [3.8, 4) is 0 Å². The van der Waals surface area contributed by atoms with Gasteiger partial charge in [-0.1, -0.05) is 53.0 Å². The van der Waals surface area contributed by atoms with Crippen LogP contribution in [0, 0.1) is 0 Å². The van der Waals surface area contributed by atoms with Gasteiger partial charge in [0.2, 0.25) is 0 Å². The van der Waals surface area contributed by atoms with Crippen molar-refractivity contribution in [1.29, 1.82) is 0 Å². The molecule has 0 saturated heterocycles. The summed E-state index contributed by atoms with van der Waals surface area (Å²) < 4.78 is 8.26. The van der Waals surface area contributed by atoms with Crippen molar-refractivity contribution < 1.29 is 4.74 Å². The molecule has 0 aliphatic heterocycles. The van der Waals surface area contributed by atoms with Gasteiger partial charge < -0.3 is 9.30 Å². The first-order valence-electron chi connectivity index (χ1n) is 8.38. The topological polar surface area (TPSA) is 27.1 Å². The smallest absolute Gasteiger partial charge is 0.0945 e. The molecule has 0 spiro atoms. The Hall–Kier alpha value is -1.52. The van der Waals surface area contributed by atoms with Crippen molar-refractivity contribution in [3.63, 3.8) is 0 Å². The molecule has 0 aliphatic rings. The maximum Gasteiger partial charge on any atom is 0.0945 e. The first-order valence-corrected chi connectivity index (χ1v) is 9.52. The van der Waals surface area contributed by atoms with E-state index in [0.29, 0.717) is 21.7 Å². The SMILES string of the molecule is Clc1ccc(C(CCCn2ccnc2)OCc2ccc(Cl)cc2Cl)cc1. The Labute approximate surface area is 168 Å². The molecule has 3 aromatic rings. The molecule has 1 heterocycles. The molecule has 2 aromatic carbocycles. The Morgan fingerprint density at radius 3 is 2.46 bits per heavy atom. The van der Waals surface area contributed by atoms with E-state index >= 15 is 0 Å². The van der Waals surface area contributed by atoms with Crippen molar-refractivity contribution >= 4 is 34.8 Å². The Bertz CT molecular complexity index is 820. The molecule has 0 saturated carbocycles. The normalized spacial score (nSPS) is 12.3. The van der Waals surface area contributed by atoms with Crippen LogP contribution in [0.2, 0.25) is 15.1 Å². The largest absolute Gasteiger partial charge is 0.369 e. The van der Waals surface area contributed by atoms with Gasteiger partial charge in [0.25, 0.3) is 0 Å². The fourth-order valence-electron chi connectivity index (χ4n) is 2.73. The van der Waals surface area contributed by atoms with Gasteiger partial charge in [-0.05, 0) is 48.2 Å². The monoisotopic (exact) mass is 408 g/mol. The molecule has 26 heavy (non-hydrogen) atoms. The highest BCUT2D eigenvalue weighted by molar-refractivity contribution is 6.35. The summed E-state index contributed by atoms with van der Waals surface area (Å²) in [4.78, 5) is 4.07. The van der Waals surface area contributed by atoms with E-state index in [0.717, 1.165) is 30.5 Å². The number of benzene rings is 2. The molecule has 0 radical (unpaired) electrons. The fraction of sp³-hybridized carbons (Fsp3) is 0.250. The van der Waals surface area contributed by atoms with Crippen molar-refractivity contribution in [2.24, 2.45) is 0 Å². The number of rotatable bonds is 8. The molecule has 0 amide bonds. The molecule has 1 aromatic heterocycles. The second-order valence-corrected chi connectivity index (χ2v) is 7.31. The standard InChI is InChI=1S/C20H19Cl3N2O/c21-17-6-3-15(4-7-17)20(2-1-10-25-11-9-24-14-25)26-13-16-5-8-18(22)12-19(16)23/h3-9,11-12,14,20H,1-2,10,13H2. The number of hydrogen-bond acceptors (Lipinski definition) is 2. The van der Waals surface area contributed by atoms with E-state index in [-0.39, 0.29) is 6.10 Å². The average molecular weight is 410 g/mol. The average Bonchev–Trinajstić information content (AvgIpc) is 3.13. The van der Waals surface area contributed by atoms with Gasteiger partial charge in [0.15, 0.2) is 0 Å². The van der Waals surface area contributed by atoms with Crippen LogP contribution >= 0.6 is 34.8 Å². The number of nitrogens with zero attached hydrogens (tertiary/aromatic N) is 2. The minimum atomic E-state index is -0.0393. The number of hydrogen-bond donors (Lipinski definition) is 0. The minimum absolute atomic E-state index is 0.0393. The van der Waals surface area contributed by atoms with Gasteiger partial charge in [-0.3, -0.25) is 0 Å². The first-order chi connectivity index (χ1) is 12.6. The Balaban J connectivity index is 1.66. The molecule has 3 nitrogen and oxygen atoms in total. The Kier molecular flexibility index (Phi) is 6.98. The second-order valence-electron chi connectivity index (χ2n) is 6.03. The summed E-state index contributed by atoms with van der Waals surface area (Å²) in [6.07, 6.45) is 7.39. The molecule has 0 fully saturated rings. The van der Waals surface area contributed by atoms with E-state index in [2.05, 4.69) is 9.55 Å². The van der Waals surface area contributed by atoms with Gasteiger partial charge in [0, 0.05) is 34.0 Å². The molecule has 0 aliphatic carbocycles. The number of halogens is 3. The minimum Gasteiger partial charge on any atom is -0.369 e. The summed E-state index contributed by atoms with van der Waals surface area (Å²) in [7, 11) is 0. The van der Waals surface area contributed by atoms with E-state index in [1.54, 1.807) is 12.3 Å². The molecule has 6 heteroatoms. The van der Waals surface area contributed by atoms with Gasteiger partial charge in [0.05, 0.1) is 19.0 Å². The zero-order valence-corrected chi connectivity index (χ0v) is 16.4. The van der Waals surface area contributed by atoms with E-state index in [4.69, 9.17) is 39.5 Å². The van der Waals surface area contributed by atoms with Gasteiger partial charge in [-0.15, -0.1) is 0 Å². The van der Waals surface area contributed by atoms with Gasteiger partial charge in [-0.25, -0.2) is 4.98 Å². The first kappa shape index (κ1) is 19.2. The third-order valence-corrected chi connectivity index (χ3v) is 4.98. The third kappa shape index (κ3) is 5.49. The molecule has 0 N–H and O–H groups in total. The van der Waals surface area contributed by atoms with Crippen LogP contribution < -0.4 is 0 Å². The third-order valence-electron chi connectivity index (χ3n) is 4.14. The fourth-order valence-corrected chi connectivity index (χ4v) is 3.32. The van der Waals surface area contributed by atoms with E-state index in [1.807, 2.05) is 48.9 Å². The van der Waals surface area contributed by atoms with Crippen LogP contribution in [-0.4, -0.2) is 9.55 Å². The van der Waals surface area contributed by atoms with E-state index in [9.17, 15) is 0 Å². The molecular formula is C20H19Cl3N2O. The number of aromatic nitrogens is 2. The molecule has 136 valence electrons. The van der Waals surface area contributed by atoms with Crippen LogP contribution in [-0.2, 0) is 17.9 Å². The van der Waals surface area contributed by atoms with E-state index < -0.39 is 0 Å². The van der Waals surface area contributed by atoms with Crippen LogP contribution in [0.1, 0.15) is 30.1 Å². The van der Waals surface area contributed by atoms with Crippen molar-refractivity contribution in [2.75, 3.05) is 0 Å². The zero-order valence-electron chi connectivity index (χ0n) is 14.1. The molecular weight excluding hydrogens is 391 g/mol. The van der Waals surface area contributed by atoms with Crippen molar-refractivity contribution in [2.45, 2.75) is 32.1 Å². The maximum atomic E-state index is 6.26. The predicted octanol–water partition coefficient (Wildman–Crippen LogP) is 6.58. The summed E-state index contributed by atoms with van der Waals surface area (Å²) >= 11 is 18.2. The summed E-state index contributed by atoms with van der Waals surface area (Å²) in [6.45, 7) is 1.32. The highest BCUT2D eigenvalue weighted by atomic mass is 35.5. The zero-order chi connectivity index (χ0) is 18.4. The highest BCUT2D eigenvalue weighted by Gasteiger charge is 2.13. The van der Waals surface area contributed by atoms with Crippen molar-refractivity contribution in [1.82, 2.24) is 9.55 Å². The lowest BCUT2D eigenvalue weighted by atomic mass is 10.0.